The van der Waals surface area contributed by atoms with Crippen molar-refractivity contribution < 1.29 is 43.7 Å². The number of methoxy groups -OCH3 is 1. The van der Waals surface area contributed by atoms with Gasteiger partial charge in [0, 0.05) is 18.6 Å². The summed E-state index contributed by atoms with van der Waals surface area (Å²) >= 11 is 0. The van der Waals surface area contributed by atoms with Crippen LogP contribution in [0.4, 0.5) is 0 Å². The van der Waals surface area contributed by atoms with E-state index in [-0.39, 0.29) is 13.2 Å². The van der Waals surface area contributed by atoms with Gasteiger partial charge in [0.2, 0.25) is 0 Å². The minimum absolute atomic E-state index is 0.157. The van der Waals surface area contributed by atoms with Crippen LogP contribution in [-0.2, 0) is 28.4 Å². The predicted octanol–water partition coefficient (Wildman–Crippen LogP) is -1.18. The second-order valence-electron chi connectivity index (χ2n) is 5.57. The summed E-state index contributed by atoms with van der Waals surface area (Å²) in [7, 11) is 1.38. The van der Waals surface area contributed by atoms with Crippen LogP contribution in [0.3, 0.4) is 0 Å². The summed E-state index contributed by atoms with van der Waals surface area (Å²) < 4.78 is 31.7. The molecule has 0 aromatic rings. The monoisotopic (exact) mass is 395 g/mol. The normalized spacial score (nSPS) is 28.1. The third kappa shape index (κ3) is 9.12. The molecule has 1 aliphatic rings. The highest BCUT2D eigenvalue weighted by Crippen LogP contribution is 2.23. The predicted molar refractivity (Wildman–Crippen MR) is 91.0 cm³/mol. The van der Waals surface area contributed by atoms with E-state index in [1.165, 1.54) is 7.11 Å². The van der Waals surface area contributed by atoms with Gasteiger partial charge in [0.25, 0.3) is 0 Å². The number of nitrogens with zero attached hydrogens (tertiary/aromatic N) is 3. The molecule has 1 rings (SSSR count). The zero-order chi connectivity index (χ0) is 19.9. The van der Waals surface area contributed by atoms with Crippen molar-refractivity contribution >= 4 is 0 Å². The van der Waals surface area contributed by atoms with Gasteiger partial charge in [0.15, 0.2) is 6.29 Å². The van der Waals surface area contributed by atoms with Gasteiger partial charge in [-0.3, -0.25) is 0 Å². The first-order valence-electron chi connectivity index (χ1n) is 8.66. The number of ether oxygens (including phenoxy) is 6. The molecule has 1 saturated heterocycles. The van der Waals surface area contributed by atoms with Crippen LogP contribution in [-0.4, -0.2) is 113 Å². The summed E-state index contributed by atoms with van der Waals surface area (Å²) in [4.78, 5) is 2.61. The lowest BCUT2D eigenvalue weighted by Crippen LogP contribution is -2.60. The number of hydrogen-bond donors (Lipinski definition) is 3. The average Bonchev–Trinajstić information content (AvgIpc) is 2.68. The molecule has 0 aromatic carbocycles. The standard InChI is InChI=1S/C15H29N3O9/c1-22-15-14(13(21)12(20)11(10-19)27-15)26-9-8-25-7-6-24-5-4-23-3-2-17-18-16/h11-15,19-21H,2-10H2,1H3/t11-,12-,13+,14+,15+/m1/s1. The topological polar surface area (TPSA) is 165 Å². The molecule has 1 fully saturated rings. The minimum atomic E-state index is -1.27. The molecule has 158 valence electrons. The Morgan fingerprint density at radius 3 is 2.11 bits per heavy atom. The smallest absolute Gasteiger partial charge is 0.186 e. The Kier molecular flexibility index (Phi) is 13.3. The van der Waals surface area contributed by atoms with E-state index < -0.39 is 37.3 Å². The van der Waals surface area contributed by atoms with Gasteiger partial charge in [0.05, 0.1) is 52.9 Å². The van der Waals surface area contributed by atoms with E-state index in [0.29, 0.717) is 39.6 Å². The zero-order valence-electron chi connectivity index (χ0n) is 15.4. The van der Waals surface area contributed by atoms with Crippen molar-refractivity contribution in [2.45, 2.75) is 30.7 Å². The maximum atomic E-state index is 10.1. The number of aliphatic hydroxyl groups excluding tert-OH is 3. The summed E-state index contributed by atoms with van der Waals surface area (Å²) in [6, 6.07) is 0. The highest BCUT2D eigenvalue weighted by Gasteiger charge is 2.45. The summed E-state index contributed by atoms with van der Waals surface area (Å²) in [5, 5.41) is 32.4. The molecule has 1 heterocycles. The maximum Gasteiger partial charge on any atom is 0.186 e. The van der Waals surface area contributed by atoms with Crippen LogP contribution in [0.25, 0.3) is 10.4 Å². The Morgan fingerprint density at radius 2 is 1.56 bits per heavy atom. The van der Waals surface area contributed by atoms with E-state index in [4.69, 9.17) is 39.1 Å². The SMILES string of the molecule is CO[C@H]1O[C@H](CO)[C@@H](O)[C@H](O)[C@@H]1OCCOCCOCCOCCN=[N+]=[N-]. The molecule has 1 aliphatic heterocycles. The first-order chi connectivity index (χ1) is 13.2. The van der Waals surface area contributed by atoms with Gasteiger partial charge < -0.3 is 43.7 Å². The fourth-order valence-electron chi connectivity index (χ4n) is 2.36. The zero-order valence-corrected chi connectivity index (χ0v) is 15.4. The molecule has 0 amide bonds. The molecule has 0 unspecified atom stereocenters. The van der Waals surface area contributed by atoms with Gasteiger partial charge in [0.1, 0.15) is 24.4 Å². The maximum absolute atomic E-state index is 10.1. The Balaban J connectivity index is 2.04. The first-order valence-corrected chi connectivity index (χ1v) is 8.66. The van der Waals surface area contributed by atoms with Crippen molar-refractivity contribution in [3.8, 4) is 0 Å². The van der Waals surface area contributed by atoms with Gasteiger partial charge in [-0.25, -0.2) is 0 Å². The largest absolute Gasteiger partial charge is 0.394 e. The van der Waals surface area contributed by atoms with Crippen LogP contribution in [0.2, 0.25) is 0 Å². The summed E-state index contributed by atoms with van der Waals surface area (Å²) in [6.07, 6.45) is -5.24. The molecular weight excluding hydrogens is 366 g/mol. The fraction of sp³-hybridized carbons (Fsp3) is 1.00. The second kappa shape index (κ2) is 14.9. The highest BCUT2D eigenvalue weighted by molar-refractivity contribution is 4.89. The Labute approximate surface area is 157 Å². The van der Waals surface area contributed by atoms with E-state index in [0.717, 1.165) is 0 Å². The van der Waals surface area contributed by atoms with Crippen LogP contribution >= 0.6 is 0 Å². The lowest BCUT2D eigenvalue weighted by Gasteiger charge is -2.41. The Hall–Kier alpha value is -1.05. The van der Waals surface area contributed by atoms with Gasteiger partial charge in [-0.1, -0.05) is 5.11 Å². The molecule has 12 heteroatoms. The molecule has 0 aliphatic carbocycles. The van der Waals surface area contributed by atoms with Crippen molar-refractivity contribution in [1.29, 1.82) is 0 Å². The number of hydrogen-bond acceptors (Lipinski definition) is 10. The van der Waals surface area contributed by atoms with Crippen LogP contribution in [0.5, 0.6) is 0 Å². The highest BCUT2D eigenvalue weighted by atomic mass is 16.7. The molecule has 0 radical (unpaired) electrons. The van der Waals surface area contributed by atoms with Gasteiger partial charge in [-0.15, -0.1) is 0 Å². The molecule has 0 bridgehead atoms. The minimum Gasteiger partial charge on any atom is -0.394 e. The van der Waals surface area contributed by atoms with Crippen LogP contribution in [0, 0.1) is 0 Å². The quantitative estimate of drug-likeness (QED) is 0.134. The van der Waals surface area contributed by atoms with Crippen LogP contribution < -0.4 is 0 Å². The van der Waals surface area contributed by atoms with Crippen molar-refractivity contribution in [3.63, 3.8) is 0 Å². The van der Waals surface area contributed by atoms with E-state index >= 15 is 0 Å². The fourth-order valence-corrected chi connectivity index (χ4v) is 2.36. The van der Waals surface area contributed by atoms with Crippen molar-refractivity contribution in [2.75, 3.05) is 66.5 Å². The van der Waals surface area contributed by atoms with Crippen LogP contribution in [0.1, 0.15) is 0 Å². The first kappa shape index (κ1) is 24.0. The molecular formula is C15H29N3O9. The third-order valence-electron chi connectivity index (χ3n) is 3.74. The Morgan fingerprint density at radius 1 is 0.963 bits per heavy atom. The summed E-state index contributed by atoms with van der Waals surface area (Å²) in [5.74, 6) is 0. The molecule has 0 spiro atoms. The van der Waals surface area contributed by atoms with E-state index in [1.54, 1.807) is 0 Å². The second-order valence-corrected chi connectivity index (χ2v) is 5.57. The van der Waals surface area contributed by atoms with Crippen LogP contribution in [0.15, 0.2) is 5.11 Å². The molecule has 0 saturated carbocycles. The van der Waals surface area contributed by atoms with Crippen molar-refractivity contribution in [1.82, 2.24) is 0 Å². The van der Waals surface area contributed by atoms with Gasteiger partial charge >= 0.3 is 0 Å². The van der Waals surface area contributed by atoms with E-state index in [9.17, 15) is 10.2 Å². The number of rotatable bonds is 15. The molecule has 3 N–H and O–H groups in total. The van der Waals surface area contributed by atoms with E-state index in [1.807, 2.05) is 0 Å². The molecule has 12 nitrogen and oxygen atoms in total. The molecule has 0 aromatic heterocycles. The van der Waals surface area contributed by atoms with Gasteiger partial charge in [-0.2, -0.15) is 0 Å². The van der Waals surface area contributed by atoms with Gasteiger partial charge in [-0.05, 0) is 5.53 Å². The molecule has 27 heavy (non-hydrogen) atoms. The lowest BCUT2D eigenvalue weighted by molar-refractivity contribution is -0.304. The summed E-state index contributed by atoms with van der Waals surface area (Å²) in [5.41, 5.74) is 8.08. The van der Waals surface area contributed by atoms with E-state index in [2.05, 4.69) is 10.0 Å². The number of aliphatic hydroxyl groups is 3. The summed E-state index contributed by atoms with van der Waals surface area (Å²) in [6.45, 7) is 2.17. The van der Waals surface area contributed by atoms with Crippen molar-refractivity contribution in [3.05, 3.63) is 10.4 Å². The Bertz CT molecular complexity index is 423. The number of azide groups is 1. The molecule has 5 atom stereocenters. The van der Waals surface area contributed by atoms with Crippen molar-refractivity contribution in [2.24, 2.45) is 5.11 Å². The third-order valence-corrected chi connectivity index (χ3v) is 3.74. The lowest BCUT2D eigenvalue weighted by atomic mass is 9.99. The average molecular weight is 395 g/mol.